The van der Waals surface area contributed by atoms with Crippen molar-refractivity contribution in [2.45, 2.75) is 18.6 Å². The van der Waals surface area contributed by atoms with Crippen LogP contribution in [-0.4, -0.2) is 32.3 Å². The van der Waals surface area contributed by atoms with E-state index in [4.69, 9.17) is 0 Å². The van der Waals surface area contributed by atoms with Gasteiger partial charge in [-0.25, -0.2) is 0 Å². The van der Waals surface area contributed by atoms with Crippen LogP contribution in [0.4, 0.5) is 5.69 Å². The highest BCUT2D eigenvalue weighted by Gasteiger charge is 2.13. The van der Waals surface area contributed by atoms with Crippen molar-refractivity contribution in [1.82, 2.24) is 20.1 Å². The summed E-state index contributed by atoms with van der Waals surface area (Å²) in [6.45, 7) is 2.24. The number of amides is 2. The standard InChI is InChI=1S/C20H20BrN5O2S/c1-13-3-9-16(10-4-13)23-18(27)12-29-20-25-24-17(26(20)2)11-22-19(28)14-5-7-15(21)8-6-14/h3-10H,11-12H2,1-2H3,(H,22,28)(H,23,27). The molecule has 0 saturated heterocycles. The molecule has 150 valence electrons. The highest BCUT2D eigenvalue weighted by atomic mass is 79.9. The summed E-state index contributed by atoms with van der Waals surface area (Å²) in [5, 5.41) is 14.5. The molecule has 0 aliphatic carbocycles. The van der Waals surface area contributed by atoms with E-state index < -0.39 is 0 Å². The third-order valence-electron chi connectivity index (χ3n) is 4.11. The summed E-state index contributed by atoms with van der Waals surface area (Å²) in [6, 6.07) is 14.7. The van der Waals surface area contributed by atoms with Gasteiger partial charge in [-0.1, -0.05) is 45.4 Å². The smallest absolute Gasteiger partial charge is 0.251 e. The molecule has 2 N–H and O–H groups in total. The Balaban J connectivity index is 1.51. The minimum atomic E-state index is -0.188. The number of hydrogen-bond acceptors (Lipinski definition) is 5. The molecule has 2 aromatic carbocycles. The lowest BCUT2D eigenvalue weighted by atomic mass is 10.2. The van der Waals surface area contributed by atoms with E-state index in [1.165, 1.54) is 11.8 Å². The number of aromatic nitrogens is 3. The van der Waals surface area contributed by atoms with E-state index >= 15 is 0 Å². The molecule has 3 rings (SSSR count). The van der Waals surface area contributed by atoms with Crippen LogP contribution in [0, 0.1) is 6.92 Å². The Kier molecular flexibility index (Phi) is 7.05. The zero-order chi connectivity index (χ0) is 20.8. The number of hydrogen-bond donors (Lipinski definition) is 2. The first-order valence-corrected chi connectivity index (χ1v) is 10.6. The van der Waals surface area contributed by atoms with E-state index in [9.17, 15) is 9.59 Å². The van der Waals surface area contributed by atoms with E-state index in [1.807, 2.05) is 43.3 Å². The number of nitrogens with one attached hydrogen (secondary N) is 2. The van der Waals surface area contributed by atoms with Crippen LogP contribution < -0.4 is 10.6 Å². The fourth-order valence-electron chi connectivity index (χ4n) is 2.45. The Bertz CT molecular complexity index is 1000. The highest BCUT2D eigenvalue weighted by Crippen LogP contribution is 2.17. The third-order valence-corrected chi connectivity index (χ3v) is 5.66. The summed E-state index contributed by atoms with van der Waals surface area (Å²) in [4.78, 5) is 24.3. The molecule has 3 aromatic rings. The average molecular weight is 474 g/mol. The zero-order valence-electron chi connectivity index (χ0n) is 16.0. The molecule has 0 unspecified atom stereocenters. The van der Waals surface area contributed by atoms with Gasteiger partial charge in [0.2, 0.25) is 5.91 Å². The molecule has 0 saturated carbocycles. The fraction of sp³-hybridized carbons (Fsp3) is 0.200. The second-order valence-corrected chi connectivity index (χ2v) is 8.21. The molecule has 2 amide bonds. The fourth-order valence-corrected chi connectivity index (χ4v) is 3.45. The first-order chi connectivity index (χ1) is 13.9. The molecule has 1 heterocycles. The van der Waals surface area contributed by atoms with Gasteiger partial charge in [-0.3, -0.25) is 9.59 Å². The van der Waals surface area contributed by atoms with E-state index in [-0.39, 0.29) is 24.1 Å². The third kappa shape index (κ3) is 5.91. The highest BCUT2D eigenvalue weighted by molar-refractivity contribution is 9.10. The molecule has 0 aliphatic heterocycles. The largest absolute Gasteiger partial charge is 0.345 e. The minimum Gasteiger partial charge on any atom is -0.345 e. The SMILES string of the molecule is Cc1ccc(NC(=O)CSc2nnc(CNC(=O)c3ccc(Br)cc3)n2C)cc1. The van der Waals surface area contributed by atoms with E-state index in [2.05, 4.69) is 36.8 Å². The predicted octanol–water partition coefficient (Wildman–Crippen LogP) is 3.55. The molecule has 0 spiro atoms. The monoisotopic (exact) mass is 473 g/mol. The summed E-state index contributed by atoms with van der Waals surface area (Å²) in [6.07, 6.45) is 0. The van der Waals surface area contributed by atoms with Crippen LogP contribution in [0.3, 0.4) is 0 Å². The molecule has 0 aliphatic rings. The van der Waals surface area contributed by atoms with Crippen molar-refractivity contribution in [3.05, 3.63) is 70.0 Å². The number of aryl methyl sites for hydroxylation is 1. The van der Waals surface area contributed by atoms with Gasteiger partial charge in [0.15, 0.2) is 11.0 Å². The number of rotatable bonds is 7. The van der Waals surface area contributed by atoms with Gasteiger partial charge in [-0.15, -0.1) is 10.2 Å². The van der Waals surface area contributed by atoms with Gasteiger partial charge in [-0.05, 0) is 43.3 Å². The predicted molar refractivity (Wildman–Crippen MR) is 117 cm³/mol. The molecular formula is C20H20BrN5O2S. The number of carbonyl (C=O) groups is 2. The van der Waals surface area contributed by atoms with Crippen molar-refractivity contribution in [3.8, 4) is 0 Å². The van der Waals surface area contributed by atoms with Gasteiger partial charge in [0.05, 0.1) is 12.3 Å². The Morgan fingerprint density at radius 2 is 1.76 bits per heavy atom. The van der Waals surface area contributed by atoms with Gasteiger partial charge < -0.3 is 15.2 Å². The van der Waals surface area contributed by atoms with Crippen molar-refractivity contribution < 1.29 is 9.59 Å². The van der Waals surface area contributed by atoms with Gasteiger partial charge >= 0.3 is 0 Å². The summed E-state index contributed by atoms with van der Waals surface area (Å²) >= 11 is 4.63. The summed E-state index contributed by atoms with van der Waals surface area (Å²) in [7, 11) is 1.81. The lowest BCUT2D eigenvalue weighted by molar-refractivity contribution is -0.113. The van der Waals surface area contributed by atoms with Crippen LogP contribution in [0.2, 0.25) is 0 Å². The van der Waals surface area contributed by atoms with Crippen LogP contribution in [0.25, 0.3) is 0 Å². The second kappa shape index (κ2) is 9.71. The maximum absolute atomic E-state index is 12.2. The molecule has 0 bridgehead atoms. The first-order valence-electron chi connectivity index (χ1n) is 8.84. The van der Waals surface area contributed by atoms with Crippen LogP contribution in [-0.2, 0) is 18.4 Å². The second-order valence-electron chi connectivity index (χ2n) is 6.35. The van der Waals surface area contributed by atoms with E-state index in [1.54, 1.807) is 23.7 Å². The quantitative estimate of drug-likeness (QED) is 0.512. The summed E-state index contributed by atoms with van der Waals surface area (Å²) in [5.41, 5.74) is 2.46. The van der Waals surface area contributed by atoms with Crippen LogP contribution in [0.15, 0.2) is 58.2 Å². The molecule has 0 radical (unpaired) electrons. The van der Waals surface area contributed by atoms with Crippen molar-refractivity contribution in [1.29, 1.82) is 0 Å². The van der Waals surface area contributed by atoms with Gasteiger partial charge in [0, 0.05) is 22.8 Å². The number of nitrogens with zero attached hydrogens (tertiary/aromatic N) is 3. The molecule has 9 heteroatoms. The van der Waals surface area contributed by atoms with Gasteiger partial charge in [-0.2, -0.15) is 0 Å². The summed E-state index contributed by atoms with van der Waals surface area (Å²) in [5.74, 6) is 0.515. The molecular weight excluding hydrogens is 454 g/mol. The number of benzene rings is 2. The molecule has 0 atom stereocenters. The van der Waals surface area contributed by atoms with Crippen LogP contribution in [0.5, 0.6) is 0 Å². The van der Waals surface area contributed by atoms with Crippen molar-refractivity contribution >= 4 is 45.2 Å². The average Bonchev–Trinajstić information content (AvgIpc) is 3.06. The number of carbonyl (C=O) groups excluding carboxylic acids is 2. The van der Waals surface area contributed by atoms with Crippen molar-refractivity contribution in [2.75, 3.05) is 11.1 Å². The normalized spacial score (nSPS) is 10.6. The molecule has 1 aromatic heterocycles. The Morgan fingerprint density at radius 3 is 2.45 bits per heavy atom. The lowest BCUT2D eigenvalue weighted by Crippen LogP contribution is -2.24. The minimum absolute atomic E-state index is 0.119. The van der Waals surface area contributed by atoms with E-state index in [0.717, 1.165) is 15.7 Å². The number of halogens is 1. The molecule has 7 nitrogen and oxygen atoms in total. The number of anilines is 1. The molecule has 29 heavy (non-hydrogen) atoms. The Labute approximate surface area is 181 Å². The maximum atomic E-state index is 12.2. The summed E-state index contributed by atoms with van der Waals surface area (Å²) < 4.78 is 2.68. The number of thioether (sulfide) groups is 1. The molecule has 0 fully saturated rings. The van der Waals surface area contributed by atoms with Gasteiger partial charge in [0.25, 0.3) is 5.91 Å². The van der Waals surface area contributed by atoms with Gasteiger partial charge in [0.1, 0.15) is 0 Å². The van der Waals surface area contributed by atoms with E-state index in [0.29, 0.717) is 16.5 Å². The van der Waals surface area contributed by atoms with Crippen LogP contribution in [0.1, 0.15) is 21.7 Å². The van der Waals surface area contributed by atoms with Crippen molar-refractivity contribution in [2.24, 2.45) is 7.05 Å². The Morgan fingerprint density at radius 1 is 1.07 bits per heavy atom. The topological polar surface area (TPSA) is 88.9 Å². The zero-order valence-corrected chi connectivity index (χ0v) is 18.4. The maximum Gasteiger partial charge on any atom is 0.251 e. The first kappa shape index (κ1) is 21.1. The van der Waals surface area contributed by atoms with Crippen LogP contribution >= 0.6 is 27.7 Å². The van der Waals surface area contributed by atoms with Crippen molar-refractivity contribution in [3.63, 3.8) is 0 Å². The lowest BCUT2D eigenvalue weighted by Gasteiger charge is -2.07. The Hall–Kier alpha value is -2.65.